The molecule has 16 heteroatoms. The van der Waals surface area contributed by atoms with E-state index in [1.54, 1.807) is 36.3 Å². The van der Waals surface area contributed by atoms with Gasteiger partial charge in [-0.25, -0.2) is 0 Å². The summed E-state index contributed by atoms with van der Waals surface area (Å²) in [6.45, 7) is 3.19. The number of likely N-dealkylation sites (N-methyl/N-ethyl adjacent to an activating group) is 1. The smallest absolute Gasteiger partial charge is 0.369 e. The highest BCUT2D eigenvalue weighted by atomic mass is 16.7. The van der Waals surface area contributed by atoms with E-state index in [1.807, 2.05) is 26.1 Å². The topological polar surface area (TPSA) is 213 Å². The molecule has 1 aromatic carbocycles. The van der Waals surface area contributed by atoms with Gasteiger partial charge in [-0.2, -0.15) is 5.10 Å². The van der Waals surface area contributed by atoms with Gasteiger partial charge in [0, 0.05) is 51.0 Å². The van der Waals surface area contributed by atoms with Crippen LogP contribution in [0.25, 0.3) is 11.3 Å². The molecule has 6 N–H and O–H groups in total. The average molecular weight is 601 g/mol. The Balaban J connectivity index is 0.000000557. The van der Waals surface area contributed by atoms with Crippen molar-refractivity contribution in [3.8, 4) is 17.0 Å². The minimum absolute atomic E-state index is 0.0560. The second kappa shape index (κ2) is 14.5. The molecule has 1 aliphatic carbocycles. The molecule has 1 fully saturated rings. The number of nitrogens with zero attached hydrogens (tertiary/aromatic N) is 5. The zero-order valence-electron chi connectivity index (χ0n) is 24.5. The molecule has 2 aromatic heterocycles. The van der Waals surface area contributed by atoms with Crippen LogP contribution in [0.3, 0.4) is 0 Å². The molecule has 0 bridgehead atoms. The Hall–Kier alpha value is -4.64. The first-order chi connectivity index (χ1) is 20.4. The Morgan fingerprint density at radius 2 is 1.88 bits per heavy atom. The van der Waals surface area contributed by atoms with E-state index in [9.17, 15) is 14.4 Å². The van der Waals surface area contributed by atoms with E-state index in [-0.39, 0.29) is 29.0 Å². The number of hydrogen-bond donors (Lipinski definition) is 6. The van der Waals surface area contributed by atoms with E-state index in [2.05, 4.69) is 25.9 Å². The lowest BCUT2D eigenvalue weighted by atomic mass is 10.1. The van der Waals surface area contributed by atoms with Gasteiger partial charge >= 0.3 is 6.10 Å². The summed E-state index contributed by atoms with van der Waals surface area (Å²) in [5.74, 6) is -0.943. The van der Waals surface area contributed by atoms with Gasteiger partial charge in [0.15, 0.2) is 17.3 Å². The molecule has 232 valence electrons. The van der Waals surface area contributed by atoms with E-state index >= 15 is 0 Å². The van der Waals surface area contributed by atoms with Gasteiger partial charge in [-0.1, -0.05) is 6.07 Å². The number of aromatic nitrogens is 4. The van der Waals surface area contributed by atoms with Gasteiger partial charge in [-0.3, -0.25) is 24.4 Å². The van der Waals surface area contributed by atoms with Crippen LogP contribution in [-0.2, 0) is 21.4 Å². The maximum Gasteiger partial charge on any atom is 0.369 e. The number of para-hydroxylation sites is 1. The first-order valence-electron chi connectivity index (χ1n) is 13.1. The number of hydrogen-bond acceptors (Lipinski definition) is 12. The first kappa shape index (κ1) is 32.9. The fraction of sp³-hybridized carbons (Fsp3) is 0.407. The van der Waals surface area contributed by atoms with E-state index in [0.717, 1.165) is 24.9 Å². The number of anilines is 3. The average Bonchev–Trinajstić information content (AvgIpc) is 3.75. The van der Waals surface area contributed by atoms with Gasteiger partial charge in [0.25, 0.3) is 5.91 Å². The maximum atomic E-state index is 12.5. The highest BCUT2D eigenvalue weighted by Gasteiger charge is 2.31. The van der Waals surface area contributed by atoms with Crippen LogP contribution >= 0.6 is 0 Å². The molecule has 16 nitrogen and oxygen atoms in total. The van der Waals surface area contributed by atoms with Crippen LogP contribution in [-0.4, -0.2) is 98.9 Å². The Kier molecular flexibility index (Phi) is 11.1. The van der Waals surface area contributed by atoms with Crippen molar-refractivity contribution in [3.63, 3.8) is 0 Å². The molecule has 0 radical (unpaired) electrons. The third-order valence-corrected chi connectivity index (χ3v) is 6.20. The summed E-state index contributed by atoms with van der Waals surface area (Å²) in [6.07, 6.45) is -1.12. The van der Waals surface area contributed by atoms with Crippen molar-refractivity contribution < 1.29 is 39.2 Å². The molecule has 0 aliphatic heterocycles. The third-order valence-electron chi connectivity index (χ3n) is 6.20. The number of benzene rings is 1. The predicted octanol–water partition coefficient (Wildman–Crippen LogP) is 0.325. The summed E-state index contributed by atoms with van der Waals surface area (Å²) < 4.78 is 12.1. The zero-order valence-corrected chi connectivity index (χ0v) is 24.5. The molecule has 0 saturated heterocycles. The molecule has 3 aromatic rings. The summed E-state index contributed by atoms with van der Waals surface area (Å²) in [4.78, 5) is 36.1. The summed E-state index contributed by atoms with van der Waals surface area (Å²) in [5.41, 5.74) is 2.39. The number of carbonyl (C=O) groups is 3. The number of aryl methyl sites for hydroxylation is 2. The minimum Gasteiger partial charge on any atom is -0.494 e. The van der Waals surface area contributed by atoms with E-state index in [4.69, 9.17) is 24.8 Å². The number of nitrogens with one attached hydrogen (secondary N) is 3. The number of amides is 3. The van der Waals surface area contributed by atoms with Crippen molar-refractivity contribution in [1.29, 1.82) is 0 Å². The quantitative estimate of drug-likeness (QED) is 0.123. The fourth-order valence-corrected chi connectivity index (χ4v) is 3.68. The predicted molar refractivity (Wildman–Crippen MR) is 154 cm³/mol. The van der Waals surface area contributed by atoms with Crippen LogP contribution in [0.2, 0.25) is 0 Å². The minimum atomic E-state index is -3.47. The van der Waals surface area contributed by atoms with Gasteiger partial charge < -0.3 is 40.3 Å². The second-order valence-corrected chi connectivity index (χ2v) is 9.73. The third kappa shape index (κ3) is 9.44. The van der Waals surface area contributed by atoms with Crippen molar-refractivity contribution in [2.24, 2.45) is 13.0 Å². The molecule has 2 heterocycles. The summed E-state index contributed by atoms with van der Waals surface area (Å²) in [6, 6.07) is 8.53. The molecule has 4 rings (SSSR count). The van der Waals surface area contributed by atoms with E-state index < -0.39 is 12.0 Å². The highest BCUT2D eigenvalue weighted by Crippen LogP contribution is 2.38. The zero-order chi connectivity index (χ0) is 31.7. The van der Waals surface area contributed by atoms with Crippen LogP contribution in [0, 0.1) is 12.8 Å². The van der Waals surface area contributed by atoms with Crippen molar-refractivity contribution in [1.82, 2.24) is 30.2 Å². The summed E-state index contributed by atoms with van der Waals surface area (Å²) in [7, 11) is 6.63. The number of rotatable bonds is 12. The Bertz CT molecular complexity index is 1420. The van der Waals surface area contributed by atoms with Crippen molar-refractivity contribution in [2.45, 2.75) is 25.9 Å². The van der Waals surface area contributed by atoms with Gasteiger partial charge in [-0.15, -0.1) is 10.2 Å². The second-order valence-electron chi connectivity index (χ2n) is 9.73. The lowest BCUT2D eigenvalue weighted by Gasteiger charge is -2.18. The Morgan fingerprint density at radius 1 is 1.16 bits per heavy atom. The largest absolute Gasteiger partial charge is 0.494 e. The number of carbonyl (C=O) groups excluding carboxylic acids is 3. The monoisotopic (exact) mass is 600 g/mol. The lowest BCUT2D eigenvalue weighted by Crippen LogP contribution is -2.48. The molecule has 0 unspecified atom stereocenters. The van der Waals surface area contributed by atoms with Gasteiger partial charge in [0.05, 0.1) is 30.8 Å². The fourth-order valence-electron chi connectivity index (χ4n) is 3.68. The first-order valence-corrected chi connectivity index (χ1v) is 13.1. The normalized spacial score (nSPS) is 12.5. The Labute approximate surface area is 247 Å². The SMILES string of the molecule is COCCN(C)C=O.COc1c(Nc2cc(NC(=O)C3CC3)nnc2C(=O)NC(O)(O)O)cccc1-c1cc(C)n(C)n1. The van der Waals surface area contributed by atoms with Gasteiger partial charge in [0.1, 0.15) is 0 Å². The number of aliphatic hydroxyl groups is 3. The van der Waals surface area contributed by atoms with Gasteiger partial charge in [-0.05, 0) is 38.0 Å². The molecular formula is C27H36N8O8. The van der Waals surface area contributed by atoms with E-state index in [0.29, 0.717) is 35.8 Å². The van der Waals surface area contributed by atoms with E-state index in [1.165, 1.54) is 18.1 Å². The standard InChI is InChI=1S/C22H25N7O6.C5H11NO2/c1-11-9-15(28-29(11)2)13-5-4-6-14(19(13)35-3)23-16-10-17(24-20(30)12-7-8-12)26-27-18(16)21(31)25-22(32,33)34;1-6(5-7)3-4-8-2/h4-6,9-10,12,32-34H,7-8H2,1-3H3,(H,25,31)(H2,23,24,26,30);5H,3-4H2,1-2H3. The molecule has 0 atom stereocenters. The van der Waals surface area contributed by atoms with Crippen LogP contribution in [0.1, 0.15) is 29.0 Å². The van der Waals surface area contributed by atoms with Gasteiger partial charge in [0.2, 0.25) is 12.3 Å². The van der Waals surface area contributed by atoms with Crippen molar-refractivity contribution >= 4 is 35.4 Å². The highest BCUT2D eigenvalue weighted by molar-refractivity contribution is 6.00. The maximum absolute atomic E-state index is 12.5. The van der Waals surface area contributed by atoms with Crippen LogP contribution in [0.15, 0.2) is 30.3 Å². The molecule has 1 saturated carbocycles. The molecule has 3 amide bonds. The molecule has 43 heavy (non-hydrogen) atoms. The number of methoxy groups -OCH3 is 2. The molecule has 0 spiro atoms. The van der Waals surface area contributed by atoms with Crippen molar-refractivity contribution in [3.05, 3.63) is 41.7 Å². The lowest BCUT2D eigenvalue weighted by molar-refractivity contribution is -0.323. The Morgan fingerprint density at radius 3 is 2.44 bits per heavy atom. The van der Waals surface area contributed by atoms with Crippen LogP contribution in [0.5, 0.6) is 5.75 Å². The summed E-state index contributed by atoms with van der Waals surface area (Å²) in [5, 5.41) is 46.9. The van der Waals surface area contributed by atoms with Crippen LogP contribution < -0.4 is 20.7 Å². The van der Waals surface area contributed by atoms with Crippen LogP contribution in [0.4, 0.5) is 17.2 Å². The summed E-state index contributed by atoms with van der Waals surface area (Å²) >= 11 is 0. The molecule has 1 aliphatic rings. The van der Waals surface area contributed by atoms with Crippen molar-refractivity contribution in [2.75, 3.05) is 45.1 Å². The molecular weight excluding hydrogens is 564 g/mol. The number of ether oxygens (including phenoxy) is 2.